The molecule has 70 valence electrons. The Kier molecular flexibility index (Phi) is 2.36. The number of esters is 1. The van der Waals surface area contributed by atoms with Gasteiger partial charge in [0.2, 0.25) is 6.10 Å². The van der Waals surface area contributed by atoms with Crippen molar-refractivity contribution in [1.82, 2.24) is 0 Å². The number of aliphatic hydroxyl groups excluding tert-OH is 1. The van der Waals surface area contributed by atoms with Gasteiger partial charge in [0.25, 0.3) is 10.1 Å². The molecule has 1 fully saturated rings. The number of ether oxygens (including phenoxy) is 1. The summed E-state index contributed by atoms with van der Waals surface area (Å²) in [6, 6.07) is 0. The first-order valence-electron chi connectivity index (χ1n) is 3.13. The maximum atomic E-state index is 10.7. The van der Waals surface area contributed by atoms with Crippen molar-refractivity contribution in [3.63, 3.8) is 0 Å². The van der Waals surface area contributed by atoms with E-state index in [0.29, 0.717) is 0 Å². The fourth-order valence-corrected chi connectivity index (χ4v) is 1.37. The van der Waals surface area contributed by atoms with Crippen LogP contribution >= 0.6 is 0 Å². The molecule has 0 radical (unpaired) electrons. The number of aliphatic hydroxyl groups is 1. The zero-order valence-corrected chi connectivity index (χ0v) is 7.08. The smallest absolute Gasteiger partial charge is 0.339 e. The highest BCUT2D eigenvalue weighted by Crippen LogP contribution is 2.13. The Morgan fingerprint density at radius 3 is 2.58 bits per heavy atom. The second-order valence-corrected chi connectivity index (χ2v) is 4.02. The summed E-state index contributed by atoms with van der Waals surface area (Å²) in [4.78, 5) is 10.7. The molecule has 0 aromatic rings. The normalized spacial score (nSPS) is 30.3. The van der Waals surface area contributed by atoms with Gasteiger partial charge in [0, 0.05) is 0 Å². The van der Waals surface area contributed by atoms with E-state index < -0.39 is 28.3 Å². The second-order valence-electron chi connectivity index (χ2n) is 2.42. The van der Waals surface area contributed by atoms with Crippen molar-refractivity contribution in [1.29, 1.82) is 0 Å². The van der Waals surface area contributed by atoms with Crippen LogP contribution in [0.25, 0.3) is 0 Å². The largest absolute Gasteiger partial charge is 0.461 e. The highest BCUT2D eigenvalue weighted by atomic mass is 32.2. The number of hydrogen-bond donors (Lipinski definition) is 1. The van der Waals surface area contributed by atoms with Crippen molar-refractivity contribution in [2.45, 2.75) is 12.2 Å². The molecule has 0 aromatic carbocycles. The third-order valence-corrected chi connectivity index (χ3v) is 1.81. The van der Waals surface area contributed by atoms with E-state index in [1.165, 1.54) is 0 Å². The average molecular weight is 196 g/mol. The lowest BCUT2D eigenvalue weighted by atomic mass is 10.3. The molecule has 0 saturated carbocycles. The van der Waals surface area contributed by atoms with Crippen molar-refractivity contribution in [2.75, 3.05) is 12.9 Å². The second kappa shape index (κ2) is 3.00. The third-order valence-electron chi connectivity index (χ3n) is 1.26. The van der Waals surface area contributed by atoms with Gasteiger partial charge in [-0.25, -0.2) is 4.79 Å². The molecular formula is C5H8O6S. The Labute approximate surface area is 69.2 Å². The lowest BCUT2D eigenvalue weighted by molar-refractivity contribution is -0.143. The van der Waals surface area contributed by atoms with Crippen molar-refractivity contribution < 1.29 is 27.2 Å². The Balaban J connectivity index is 2.69. The standard InChI is InChI=1S/C5H8O6S/c1-12(8,9)11-4-3(6)2-10-5(4)7/h3-4,6H,2H2,1H3/t3-,4+/m1/s1. The van der Waals surface area contributed by atoms with E-state index in [4.69, 9.17) is 5.11 Å². The molecule has 1 N–H and O–H groups in total. The maximum Gasteiger partial charge on any atom is 0.339 e. The Morgan fingerprint density at radius 1 is 1.67 bits per heavy atom. The number of rotatable bonds is 2. The molecule has 0 aromatic heterocycles. The molecule has 0 spiro atoms. The highest BCUT2D eigenvalue weighted by molar-refractivity contribution is 7.86. The molecule has 0 bridgehead atoms. The summed E-state index contributed by atoms with van der Waals surface area (Å²) >= 11 is 0. The van der Waals surface area contributed by atoms with Gasteiger partial charge >= 0.3 is 5.97 Å². The molecule has 1 saturated heterocycles. The molecule has 6 nitrogen and oxygen atoms in total. The minimum absolute atomic E-state index is 0.223. The van der Waals surface area contributed by atoms with Gasteiger partial charge in [0.1, 0.15) is 12.7 Å². The average Bonchev–Trinajstić information content (AvgIpc) is 2.16. The van der Waals surface area contributed by atoms with E-state index >= 15 is 0 Å². The van der Waals surface area contributed by atoms with Crippen LogP contribution in [0.4, 0.5) is 0 Å². The summed E-state index contributed by atoms with van der Waals surface area (Å²) in [5, 5.41) is 8.99. The highest BCUT2D eigenvalue weighted by Gasteiger charge is 2.39. The van der Waals surface area contributed by atoms with Crippen LogP contribution < -0.4 is 0 Å². The molecule has 1 rings (SSSR count). The van der Waals surface area contributed by atoms with Crippen molar-refractivity contribution in [3.8, 4) is 0 Å². The maximum absolute atomic E-state index is 10.7. The molecule has 2 atom stereocenters. The number of cyclic esters (lactones) is 1. The van der Waals surface area contributed by atoms with E-state index in [1.54, 1.807) is 0 Å². The van der Waals surface area contributed by atoms with Crippen LogP contribution in [0.5, 0.6) is 0 Å². The first-order valence-corrected chi connectivity index (χ1v) is 4.95. The Morgan fingerprint density at radius 2 is 2.25 bits per heavy atom. The van der Waals surface area contributed by atoms with Crippen LogP contribution in [-0.4, -0.2) is 44.6 Å². The SMILES string of the molecule is CS(=O)(=O)O[C@@H]1C(=O)OC[C@H]1O. The molecule has 0 aliphatic carbocycles. The summed E-state index contributed by atoms with van der Waals surface area (Å²) in [5.41, 5.74) is 0. The van der Waals surface area contributed by atoms with Crippen LogP contribution in [0.15, 0.2) is 0 Å². The number of carbonyl (C=O) groups is 1. The van der Waals surface area contributed by atoms with Crippen LogP contribution in [-0.2, 0) is 23.8 Å². The van der Waals surface area contributed by atoms with Crippen molar-refractivity contribution in [2.24, 2.45) is 0 Å². The van der Waals surface area contributed by atoms with Crippen LogP contribution in [0.2, 0.25) is 0 Å². The summed E-state index contributed by atoms with van der Waals surface area (Å²) in [7, 11) is -3.73. The number of hydrogen-bond acceptors (Lipinski definition) is 6. The molecule has 1 aliphatic heterocycles. The first-order chi connectivity index (χ1) is 5.40. The molecule has 1 heterocycles. The zero-order valence-electron chi connectivity index (χ0n) is 6.26. The van der Waals surface area contributed by atoms with E-state index in [-0.39, 0.29) is 6.61 Å². The van der Waals surface area contributed by atoms with E-state index in [9.17, 15) is 13.2 Å². The van der Waals surface area contributed by atoms with Crippen molar-refractivity contribution in [3.05, 3.63) is 0 Å². The van der Waals surface area contributed by atoms with Gasteiger partial charge in [-0.3, -0.25) is 4.18 Å². The Bertz CT molecular complexity index is 280. The summed E-state index contributed by atoms with van der Waals surface area (Å²) < 4.78 is 29.7. The van der Waals surface area contributed by atoms with Crippen LogP contribution in [0.3, 0.4) is 0 Å². The number of carbonyl (C=O) groups excluding carboxylic acids is 1. The summed E-state index contributed by atoms with van der Waals surface area (Å²) in [6.45, 7) is -0.223. The predicted molar refractivity (Wildman–Crippen MR) is 36.7 cm³/mol. The summed E-state index contributed by atoms with van der Waals surface area (Å²) in [6.07, 6.45) is -1.81. The quantitative estimate of drug-likeness (QED) is 0.416. The predicted octanol–water partition coefficient (Wildman–Crippen LogP) is -1.75. The third kappa shape index (κ3) is 2.16. The van der Waals surface area contributed by atoms with Gasteiger partial charge < -0.3 is 9.84 Å². The van der Waals surface area contributed by atoms with Gasteiger partial charge in [0.05, 0.1) is 6.26 Å². The summed E-state index contributed by atoms with van der Waals surface area (Å²) in [5.74, 6) is -0.854. The zero-order chi connectivity index (χ0) is 9.35. The fraction of sp³-hybridized carbons (Fsp3) is 0.800. The van der Waals surface area contributed by atoms with Crippen LogP contribution in [0.1, 0.15) is 0 Å². The van der Waals surface area contributed by atoms with Gasteiger partial charge in [-0.2, -0.15) is 8.42 Å². The lowest BCUT2D eigenvalue weighted by Gasteiger charge is -2.07. The molecule has 0 unspecified atom stereocenters. The topological polar surface area (TPSA) is 89.9 Å². The van der Waals surface area contributed by atoms with Crippen molar-refractivity contribution >= 4 is 16.1 Å². The molecule has 1 aliphatic rings. The minimum Gasteiger partial charge on any atom is -0.461 e. The first kappa shape index (κ1) is 9.43. The fourth-order valence-electron chi connectivity index (χ4n) is 0.786. The Hall–Kier alpha value is -0.660. The van der Waals surface area contributed by atoms with Gasteiger partial charge in [-0.05, 0) is 0 Å². The van der Waals surface area contributed by atoms with E-state index in [0.717, 1.165) is 6.26 Å². The van der Waals surface area contributed by atoms with Gasteiger partial charge in [-0.1, -0.05) is 0 Å². The van der Waals surface area contributed by atoms with Gasteiger partial charge in [0.15, 0.2) is 0 Å². The molecular weight excluding hydrogens is 188 g/mol. The molecule has 0 amide bonds. The molecule has 12 heavy (non-hydrogen) atoms. The molecule has 7 heteroatoms. The minimum atomic E-state index is -3.73. The lowest BCUT2D eigenvalue weighted by Crippen LogP contribution is -2.32. The van der Waals surface area contributed by atoms with E-state index in [2.05, 4.69) is 8.92 Å². The van der Waals surface area contributed by atoms with Crippen LogP contribution in [0, 0.1) is 0 Å². The van der Waals surface area contributed by atoms with E-state index in [1.807, 2.05) is 0 Å². The monoisotopic (exact) mass is 196 g/mol. The van der Waals surface area contributed by atoms with Gasteiger partial charge in [-0.15, -0.1) is 0 Å².